The van der Waals surface area contributed by atoms with E-state index in [2.05, 4.69) is 16.7 Å². The van der Waals surface area contributed by atoms with Gasteiger partial charge in [0.2, 0.25) is 0 Å². The Bertz CT molecular complexity index is 527. The zero-order chi connectivity index (χ0) is 15.3. The van der Waals surface area contributed by atoms with Crippen molar-refractivity contribution in [2.75, 3.05) is 19.4 Å². The lowest BCUT2D eigenvalue weighted by atomic mass is 10.2. The second kappa shape index (κ2) is 6.71. The summed E-state index contributed by atoms with van der Waals surface area (Å²) < 4.78 is 5.64. The summed E-state index contributed by atoms with van der Waals surface area (Å²) in [7, 11) is 0. The summed E-state index contributed by atoms with van der Waals surface area (Å²) in [5.41, 5.74) is 6.05. The Balaban J connectivity index is 1.76. The van der Waals surface area contributed by atoms with Crippen LogP contribution in [0.1, 0.15) is 18.4 Å². The van der Waals surface area contributed by atoms with Crippen molar-refractivity contribution < 1.29 is 14.7 Å². The van der Waals surface area contributed by atoms with Crippen LogP contribution in [0.4, 0.5) is 0 Å². The van der Waals surface area contributed by atoms with Gasteiger partial charge in [-0.05, 0) is 43.4 Å². The van der Waals surface area contributed by atoms with Crippen molar-refractivity contribution >= 4 is 23.5 Å². The normalized spacial score (nSPS) is 16.3. The van der Waals surface area contributed by atoms with Crippen molar-refractivity contribution in [1.29, 1.82) is 0 Å². The molecule has 0 unspecified atom stereocenters. The molecule has 0 saturated heterocycles. The highest BCUT2D eigenvalue weighted by Crippen LogP contribution is 2.46. The summed E-state index contributed by atoms with van der Waals surface area (Å²) in [4.78, 5) is 11.7. The summed E-state index contributed by atoms with van der Waals surface area (Å²) in [6.07, 6.45) is 4.38. The lowest BCUT2D eigenvalue weighted by Gasteiger charge is -2.13. The van der Waals surface area contributed by atoms with Gasteiger partial charge >= 0.3 is 0 Å². The highest BCUT2D eigenvalue weighted by atomic mass is 32.2. The van der Waals surface area contributed by atoms with Gasteiger partial charge in [-0.3, -0.25) is 4.79 Å². The van der Waals surface area contributed by atoms with Gasteiger partial charge in [-0.1, -0.05) is 5.16 Å². The summed E-state index contributed by atoms with van der Waals surface area (Å²) in [5.74, 6) is 0.465. The van der Waals surface area contributed by atoms with Gasteiger partial charge < -0.3 is 21.0 Å². The number of hydrogen-bond acceptors (Lipinski definition) is 5. The zero-order valence-corrected chi connectivity index (χ0v) is 12.7. The molecule has 0 bridgehead atoms. The first-order chi connectivity index (χ1) is 10.1. The minimum Gasteiger partial charge on any atom is -0.484 e. The van der Waals surface area contributed by atoms with E-state index in [0.717, 1.165) is 12.8 Å². The van der Waals surface area contributed by atoms with Crippen LogP contribution in [0, 0.1) is 0 Å². The van der Waals surface area contributed by atoms with Crippen LogP contribution in [0.5, 0.6) is 5.75 Å². The quantitative estimate of drug-likeness (QED) is 0.304. The monoisotopic (exact) mass is 309 g/mol. The van der Waals surface area contributed by atoms with Gasteiger partial charge in [0, 0.05) is 16.9 Å². The highest BCUT2D eigenvalue weighted by molar-refractivity contribution is 8.00. The number of nitrogens with one attached hydrogen (secondary N) is 1. The minimum absolute atomic E-state index is 0.0205. The van der Waals surface area contributed by atoms with Crippen molar-refractivity contribution in [3.8, 4) is 5.75 Å². The molecule has 1 aromatic rings. The van der Waals surface area contributed by atoms with Crippen LogP contribution in [-0.4, -0.2) is 41.1 Å². The fourth-order valence-corrected chi connectivity index (χ4v) is 2.56. The summed E-state index contributed by atoms with van der Waals surface area (Å²) in [6, 6.07) is 6.67. The molecule has 0 radical (unpaired) electrons. The molecule has 1 aliphatic carbocycles. The van der Waals surface area contributed by atoms with E-state index in [0.29, 0.717) is 17.9 Å². The molecular formula is C14H19N3O3S. The first-order valence-electron chi connectivity index (χ1n) is 6.61. The van der Waals surface area contributed by atoms with Crippen LogP contribution in [0.3, 0.4) is 0 Å². The third-order valence-corrected chi connectivity index (χ3v) is 4.89. The Kier molecular flexibility index (Phi) is 4.95. The van der Waals surface area contributed by atoms with Gasteiger partial charge in [0.25, 0.3) is 5.91 Å². The lowest BCUT2D eigenvalue weighted by Crippen LogP contribution is -2.35. The fourth-order valence-electron chi connectivity index (χ4n) is 1.83. The maximum absolute atomic E-state index is 11.7. The van der Waals surface area contributed by atoms with Crippen molar-refractivity contribution in [2.24, 2.45) is 10.9 Å². The Morgan fingerprint density at radius 1 is 1.48 bits per heavy atom. The molecule has 0 aliphatic heterocycles. The number of oxime groups is 1. The van der Waals surface area contributed by atoms with Crippen LogP contribution in [0.15, 0.2) is 29.4 Å². The molecule has 4 N–H and O–H groups in total. The molecule has 1 aliphatic rings. The molecule has 2 rings (SSSR count). The zero-order valence-electron chi connectivity index (χ0n) is 11.8. The number of rotatable bonds is 7. The van der Waals surface area contributed by atoms with Crippen molar-refractivity contribution in [3.63, 3.8) is 0 Å². The van der Waals surface area contributed by atoms with Gasteiger partial charge in [-0.2, -0.15) is 11.8 Å². The Hall–Kier alpha value is -1.89. The third kappa shape index (κ3) is 4.29. The first kappa shape index (κ1) is 15.5. The van der Waals surface area contributed by atoms with Crippen molar-refractivity contribution in [1.82, 2.24) is 5.32 Å². The molecular weight excluding hydrogens is 290 g/mol. The highest BCUT2D eigenvalue weighted by Gasteiger charge is 2.41. The Labute approximate surface area is 127 Å². The number of ether oxygens (including phenoxy) is 1. The largest absolute Gasteiger partial charge is 0.484 e. The van der Waals surface area contributed by atoms with E-state index in [1.807, 2.05) is 0 Å². The predicted molar refractivity (Wildman–Crippen MR) is 82.9 cm³/mol. The van der Waals surface area contributed by atoms with E-state index in [9.17, 15) is 4.79 Å². The number of amidine groups is 1. The molecule has 6 nitrogen and oxygen atoms in total. The molecule has 114 valence electrons. The molecule has 0 atom stereocenters. The number of thioether (sulfide) groups is 1. The lowest BCUT2D eigenvalue weighted by molar-refractivity contribution is -0.123. The van der Waals surface area contributed by atoms with E-state index in [1.54, 1.807) is 36.0 Å². The molecule has 7 heteroatoms. The van der Waals surface area contributed by atoms with Crippen molar-refractivity contribution in [2.45, 2.75) is 17.6 Å². The van der Waals surface area contributed by atoms with Gasteiger partial charge in [-0.25, -0.2) is 0 Å². The van der Waals surface area contributed by atoms with Gasteiger partial charge in [0.15, 0.2) is 12.4 Å². The topological polar surface area (TPSA) is 96.9 Å². The van der Waals surface area contributed by atoms with Gasteiger partial charge in [-0.15, -0.1) is 0 Å². The van der Waals surface area contributed by atoms with E-state index < -0.39 is 0 Å². The number of amides is 1. The maximum atomic E-state index is 11.7. The molecule has 1 fully saturated rings. The van der Waals surface area contributed by atoms with Crippen LogP contribution >= 0.6 is 11.8 Å². The molecule has 0 spiro atoms. The summed E-state index contributed by atoms with van der Waals surface area (Å²) in [5, 5.41) is 14.4. The average molecular weight is 309 g/mol. The van der Waals surface area contributed by atoms with Crippen LogP contribution < -0.4 is 15.8 Å². The first-order valence-corrected chi connectivity index (χ1v) is 7.84. The van der Waals surface area contributed by atoms with Crippen LogP contribution in [0.2, 0.25) is 0 Å². The number of nitrogens with zero attached hydrogens (tertiary/aromatic N) is 1. The number of carbonyl (C=O) groups excluding carboxylic acids is 1. The van der Waals surface area contributed by atoms with E-state index in [1.165, 1.54) is 0 Å². The maximum Gasteiger partial charge on any atom is 0.257 e. The van der Waals surface area contributed by atoms with Crippen LogP contribution in [0.25, 0.3) is 0 Å². The Morgan fingerprint density at radius 2 is 2.14 bits per heavy atom. The Morgan fingerprint density at radius 3 is 2.67 bits per heavy atom. The average Bonchev–Trinajstić information content (AvgIpc) is 3.31. The molecule has 0 heterocycles. The van der Waals surface area contributed by atoms with Gasteiger partial charge in [0.1, 0.15) is 5.75 Å². The van der Waals surface area contributed by atoms with E-state index >= 15 is 0 Å². The second-order valence-corrected chi connectivity index (χ2v) is 6.24. The SMILES string of the molecule is CSC1(CNC(=O)COc2ccc(/C(N)=N/O)cc2)CC1. The smallest absolute Gasteiger partial charge is 0.257 e. The van der Waals surface area contributed by atoms with Crippen molar-refractivity contribution in [3.05, 3.63) is 29.8 Å². The molecule has 21 heavy (non-hydrogen) atoms. The number of hydrogen-bond donors (Lipinski definition) is 3. The fraction of sp³-hybridized carbons (Fsp3) is 0.429. The third-order valence-electron chi connectivity index (χ3n) is 3.48. The predicted octanol–water partition coefficient (Wildman–Crippen LogP) is 1.17. The number of carbonyl (C=O) groups is 1. The molecule has 1 aromatic carbocycles. The molecule has 1 amide bonds. The summed E-state index contributed by atoms with van der Waals surface area (Å²) in [6.45, 7) is 0.673. The standard InChI is InChI=1S/C14H19N3O3S/c1-21-14(6-7-14)9-16-12(18)8-20-11-4-2-10(3-5-11)13(15)17-19/h2-5,19H,6-9H2,1H3,(H2,15,17)(H,16,18). The number of benzene rings is 1. The number of nitrogens with two attached hydrogens (primary N) is 1. The molecule has 0 aromatic heterocycles. The van der Waals surface area contributed by atoms with Gasteiger partial charge in [0.05, 0.1) is 0 Å². The minimum atomic E-state index is -0.129. The van der Waals surface area contributed by atoms with Crippen LogP contribution in [-0.2, 0) is 4.79 Å². The summed E-state index contributed by atoms with van der Waals surface area (Å²) >= 11 is 1.80. The second-order valence-electron chi connectivity index (χ2n) is 4.96. The molecule has 1 saturated carbocycles. The van der Waals surface area contributed by atoms with E-state index in [-0.39, 0.29) is 23.1 Å². The van der Waals surface area contributed by atoms with E-state index in [4.69, 9.17) is 15.7 Å².